The quantitative estimate of drug-likeness (QED) is 0.150. The van der Waals surface area contributed by atoms with Crippen LogP contribution in [-0.2, 0) is 11.3 Å². The first-order valence-electron chi connectivity index (χ1n) is 21.4. The molecule has 1 unspecified atom stereocenters. The van der Waals surface area contributed by atoms with Gasteiger partial charge < -0.3 is 0 Å². The van der Waals surface area contributed by atoms with Crippen LogP contribution in [0.3, 0.4) is 0 Å². The topological polar surface area (TPSA) is 0 Å². The molecule has 8 fully saturated rings. The predicted octanol–water partition coefficient (Wildman–Crippen LogP) is 11.5. The highest BCUT2D eigenvalue weighted by Crippen LogP contribution is 2.78. The molecule has 8 bridgehead atoms. The fourth-order valence-corrected chi connectivity index (χ4v) is 23.8. The lowest BCUT2D eigenvalue weighted by Crippen LogP contribution is -2.65. The van der Waals surface area contributed by atoms with Crippen LogP contribution in [0.5, 0.6) is 0 Å². The molecule has 52 heavy (non-hydrogen) atoms. The first-order valence-corrected chi connectivity index (χ1v) is 30.5. The van der Waals surface area contributed by atoms with E-state index in [0.29, 0.717) is 10.8 Å². The van der Waals surface area contributed by atoms with Crippen molar-refractivity contribution in [3.05, 3.63) is 82.9 Å². The first-order chi connectivity index (χ1) is 24.6. The van der Waals surface area contributed by atoms with Crippen LogP contribution in [0, 0.1) is 60.2 Å². The molecule has 8 saturated carbocycles. The third-order valence-electron chi connectivity index (χ3n) is 16.2. The molecule has 278 valence electrons. The van der Waals surface area contributed by atoms with Crippen LogP contribution in [0.4, 0.5) is 0 Å². The SMILES string of the molecule is Cc1ccccc1P(Cc1cc([Si](C)(C)C)c([Si](C)(C)C)cc1C(P)(C12CC3CC(CC(C3)C1)C2)C12CC3CC(CC(C3)C1)C2)c1ccccc1C. The lowest BCUT2D eigenvalue weighted by molar-refractivity contribution is -0.158. The Labute approximate surface area is 323 Å². The Morgan fingerprint density at radius 3 is 1.27 bits per heavy atom. The number of hydrogen-bond acceptors (Lipinski definition) is 0. The van der Waals surface area contributed by atoms with E-state index in [0.717, 1.165) is 35.5 Å². The van der Waals surface area contributed by atoms with Crippen molar-refractivity contribution in [3.63, 3.8) is 0 Å². The minimum Gasteiger partial charge on any atom is -0.125 e. The van der Waals surface area contributed by atoms with E-state index in [9.17, 15) is 0 Å². The molecule has 0 nitrogen and oxygen atoms in total. The van der Waals surface area contributed by atoms with Crippen molar-refractivity contribution in [2.75, 3.05) is 0 Å². The number of hydrogen-bond donors (Lipinski definition) is 0. The van der Waals surface area contributed by atoms with Gasteiger partial charge in [0.25, 0.3) is 0 Å². The largest absolute Gasteiger partial charge is 0.125 e. The molecule has 8 aliphatic carbocycles. The fraction of sp³-hybridized carbons (Fsp3) is 0.625. The Hall–Kier alpha value is -1.05. The highest BCUT2D eigenvalue weighted by molar-refractivity contribution is 7.72. The maximum atomic E-state index is 4.00. The average Bonchev–Trinajstić information content (AvgIpc) is 3.05. The molecule has 11 rings (SSSR count). The molecule has 4 heteroatoms. The van der Waals surface area contributed by atoms with Crippen molar-refractivity contribution < 1.29 is 0 Å². The molecule has 8 aliphatic rings. The Kier molecular flexibility index (Phi) is 8.96. The van der Waals surface area contributed by atoms with E-state index in [1.54, 1.807) is 21.4 Å². The third-order valence-corrected chi connectivity index (χ3v) is 24.8. The summed E-state index contributed by atoms with van der Waals surface area (Å²) in [6.45, 7) is 20.7. The summed E-state index contributed by atoms with van der Waals surface area (Å²) in [6.07, 6.45) is 19.4. The summed E-state index contributed by atoms with van der Waals surface area (Å²) >= 11 is 0. The van der Waals surface area contributed by atoms with E-state index < -0.39 is 24.1 Å². The molecule has 3 aromatic rings. The van der Waals surface area contributed by atoms with Crippen LogP contribution in [0.2, 0.25) is 39.3 Å². The van der Waals surface area contributed by atoms with Gasteiger partial charge in [-0.05, 0) is 178 Å². The zero-order chi connectivity index (χ0) is 36.4. The zero-order valence-corrected chi connectivity index (χ0v) is 38.0. The average molecular weight is 763 g/mol. The van der Waals surface area contributed by atoms with Crippen LogP contribution < -0.4 is 21.0 Å². The highest BCUT2D eigenvalue weighted by Gasteiger charge is 2.69. The summed E-state index contributed by atoms with van der Waals surface area (Å²) in [5.74, 6) is 5.82. The van der Waals surface area contributed by atoms with Gasteiger partial charge in [0.2, 0.25) is 0 Å². The zero-order valence-electron chi connectivity index (χ0n) is 34.0. The summed E-state index contributed by atoms with van der Waals surface area (Å²) in [5, 5.41) is 6.97. The second-order valence-corrected chi connectivity index (χ2v) is 35.0. The van der Waals surface area contributed by atoms with Crippen molar-refractivity contribution in [2.45, 2.75) is 141 Å². The molecule has 0 aliphatic heterocycles. The predicted molar refractivity (Wildman–Crippen MR) is 237 cm³/mol. The minimum atomic E-state index is -1.65. The van der Waals surface area contributed by atoms with E-state index in [2.05, 4.69) is 123 Å². The van der Waals surface area contributed by atoms with Crippen LogP contribution in [-0.4, -0.2) is 16.1 Å². The summed E-state index contributed by atoms with van der Waals surface area (Å²) in [7, 11) is 0.147. The Morgan fingerprint density at radius 1 is 0.577 bits per heavy atom. The van der Waals surface area contributed by atoms with Crippen molar-refractivity contribution in [1.82, 2.24) is 0 Å². The molecule has 0 N–H and O–H groups in total. The summed E-state index contributed by atoms with van der Waals surface area (Å²) in [4.78, 5) is 0. The van der Waals surface area contributed by atoms with Crippen molar-refractivity contribution in [2.24, 2.45) is 46.3 Å². The van der Waals surface area contributed by atoms with Gasteiger partial charge >= 0.3 is 0 Å². The minimum absolute atomic E-state index is 0.159. The molecule has 0 heterocycles. The van der Waals surface area contributed by atoms with E-state index in [-0.39, 0.29) is 5.16 Å². The molecule has 3 aromatic carbocycles. The van der Waals surface area contributed by atoms with E-state index >= 15 is 0 Å². The molecule has 0 saturated heterocycles. The van der Waals surface area contributed by atoms with Crippen molar-refractivity contribution in [3.8, 4) is 0 Å². The Morgan fingerprint density at radius 2 is 0.923 bits per heavy atom. The third kappa shape index (κ3) is 5.83. The van der Waals surface area contributed by atoms with Crippen molar-refractivity contribution in [1.29, 1.82) is 0 Å². The molecule has 0 spiro atoms. The molecular weight excluding hydrogens is 695 g/mol. The summed E-state index contributed by atoms with van der Waals surface area (Å²) in [6, 6.07) is 24.9. The Balaban J connectivity index is 1.33. The van der Waals surface area contributed by atoms with Crippen LogP contribution in [0.15, 0.2) is 60.7 Å². The summed E-state index contributed by atoms with van der Waals surface area (Å²) < 4.78 is 0. The van der Waals surface area contributed by atoms with Gasteiger partial charge in [0.1, 0.15) is 0 Å². The molecular formula is C48H68P2Si2. The van der Waals surface area contributed by atoms with Gasteiger partial charge in [0.15, 0.2) is 0 Å². The maximum absolute atomic E-state index is 4.00. The monoisotopic (exact) mass is 762 g/mol. The van der Waals surface area contributed by atoms with Gasteiger partial charge in [-0.25, -0.2) is 0 Å². The number of benzene rings is 3. The van der Waals surface area contributed by atoms with Crippen LogP contribution in [0.25, 0.3) is 0 Å². The van der Waals surface area contributed by atoms with Gasteiger partial charge in [-0.15, -0.1) is 9.24 Å². The molecule has 0 aromatic heterocycles. The van der Waals surface area contributed by atoms with E-state index in [4.69, 9.17) is 0 Å². The fourth-order valence-electron chi connectivity index (χ4n) is 14.9. The highest BCUT2D eigenvalue weighted by atomic mass is 31.1. The van der Waals surface area contributed by atoms with Gasteiger partial charge in [-0.1, -0.05) is 110 Å². The first kappa shape index (κ1) is 36.6. The van der Waals surface area contributed by atoms with Crippen LogP contribution >= 0.6 is 17.2 Å². The molecule has 0 amide bonds. The van der Waals surface area contributed by atoms with Crippen LogP contribution in [0.1, 0.15) is 99.3 Å². The van der Waals surface area contributed by atoms with Gasteiger partial charge in [-0.3, -0.25) is 0 Å². The standard InChI is InChI=1S/C48H68P2Si2/c1-32-13-9-11-15-42(32)50(43-16-12-10-14-33(43)2)31-40-23-44(51(3,4)5)45(52(6,7)8)24-41(40)48(49,46-25-34-17-35(26-46)19-36(18-34)27-46)47-28-37-20-38(29-47)22-39(21-37)30-47/h9-16,23-24,34-39H,17-22,25-31,49H2,1-8H3. The second-order valence-electron chi connectivity index (χ2n) is 21.9. The van der Waals surface area contributed by atoms with Gasteiger partial charge in [0.05, 0.1) is 16.1 Å². The van der Waals surface area contributed by atoms with E-state index in [1.807, 2.05) is 10.8 Å². The molecule has 0 radical (unpaired) electrons. The van der Waals surface area contributed by atoms with Gasteiger partial charge in [-0.2, -0.15) is 0 Å². The van der Waals surface area contributed by atoms with Gasteiger partial charge in [0, 0.05) is 11.3 Å². The lowest BCUT2D eigenvalue weighted by Gasteiger charge is -2.72. The number of rotatable bonds is 9. The lowest BCUT2D eigenvalue weighted by atomic mass is 9.37. The van der Waals surface area contributed by atoms with E-state index in [1.165, 1.54) is 94.3 Å². The smallest absolute Gasteiger partial charge is 0.0774 e. The normalized spacial score (nSPS) is 34.7. The molecule has 1 atom stereocenters. The Bertz CT molecular complexity index is 1700. The number of aryl methyl sites for hydroxylation is 2. The second kappa shape index (κ2) is 12.7. The maximum Gasteiger partial charge on any atom is 0.0774 e. The summed E-state index contributed by atoms with van der Waals surface area (Å²) in [5.41, 5.74) is 7.43. The van der Waals surface area contributed by atoms with Crippen molar-refractivity contribution >= 4 is 54.3 Å².